The Labute approximate surface area is 138 Å². The molecular formula is C19H24N2O2. The number of hydrogen-bond donors (Lipinski definition) is 0. The Bertz CT molecular complexity index is 628. The number of carbonyl (C=O) groups is 1. The van der Waals surface area contributed by atoms with Crippen molar-refractivity contribution in [2.45, 2.75) is 26.7 Å². The highest BCUT2D eigenvalue weighted by molar-refractivity contribution is 5.96. The summed E-state index contributed by atoms with van der Waals surface area (Å²) in [6.07, 6.45) is 9.59. The van der Waals surface area contributed by atoms with Gasteiger partial charge < -0.3 is 9.64 Å². The van der Waals surface area contributed by atoms with Crippen molar-refractivity contribution in [2.24, 2.45) is 0 Å². The fourth-order valence-corrected chi connectivity index (χ4v) is 2.50. The quantitative estimate of drug-likeness (QED) is 0.769. The minimum Gasteiger partial charge on any atom is -0.473 e. The molecule has 0 radical (unpaired) electrons. The lowest BCUT2D eigenvalue weighted by atomic mass is 9.99. The Morgan fingerprint density at radius 1 is 1.35 bits per heavy atom. The number of aromatic nitrogens is 1. The molecule has 1 aliphatic carbocycles. The van der Waals surface area contributed by atoms with Gasteiger partial charge in [0.2, 0.25) is 5.88 Å². The van der Waals surface area contributed by atoms with E-state index in [0.29, 0.717) is 31.1 Å². The molecule has 0 aromatic carbocycles. The number of nitrogens with zero attached hydrogens (tertiary/aromatic N) is 2. The molecular weight excluding hydrogens is 288 g/mol. The summed E-state index contributed by atoms with van der Waals surface area (Å²) in [4.78, 5) is 18.5. The molecule has 0 bridgehead atoms. The van der Waals surface area contributed by atoms with Crippen LogP contribution in [0.4, 0.5) is 0 Å². The summed E-state index contributed by atoms with van der Waals surface area (Å²) in [5.74, 6) is 0.369. The van der Waals surface area contributed by atoms with Crippen LogP contribution in [0.1, 0.15) is 37.0 Å². The second-order valence-electron chi connectivity index (χ2n) is 5.39. The van der Waals surface area contributed by atoms with Crippen LogP contribution in [-0.2, 0) is 0 Å². The lowest BCUT2D eigenvalue weighted by Crippen LogP contribution is -2.31. The average molecular weight is 312 g/mol. The molecule has 0 N–H and O–H groups in total. The molecule has 1 heterocycles. The van der Waals surface area contributed by atoms with Gasteiger partial charge in [-0.25, -0.2) is 4.98 Å². The monoisotopic (exact) mass is 312 g/mol. The molecule has 0 unspecified atom stereocenters. The zero-order chi connectivity index (χ0) is 16.7. The Balaban J connectivity index is 2.09. The first-order valence-corrected chi connectivity index (χ1v) is 8.07. The number of rotatable bonds is 7. The van der Waals surface area contributed by atoms with Crippen LogP contribution >= 0.6 is 0 Å². The molecule has 0 aliphatic heterocycles. The predicted octanol–water partition coefficient (Wildman–Crippen LogP) is 3.78. The van der Waals surface area contributed by atoms with Gasteiger partial charge in [-0.2, -0.15) is 0 Å². The predicted molar refractivity (Wildman–Crippen MR) is 92.6 cm³/mol. The van der Waals surface area contributed by atoms with Crippen molar-refractivity contribution in [3.05, 3.63) is 59.8 Å². The number of carbonyl (C=O) groups excluding carboxylic acids is 1. The van der Waals surface area contributed by atoms with Crippen molar-refractivity contribution >= 4 is 5.91 Å². The van der Waals surface area contributed by atoms with Gasteiger partial charge in [0.1, 0.15) is 12.2 Å². The van der Waals surface area contributed by atoms with E-state index in [1.54, 1.807) is 23.2 Å². The molecule has 1 aromatic heterocycles. The van der Waals surface area contributed by atoms with Gasteiger partial charge >= 0.3 is 0 Å². The smallest absolute Gasteiger partial charge is 0.259 e. The van der Waals surface area contributed by atoms with Gasteiger partial charge in [0.05, 0.1) is 0 Å². The van der Waals surface area contributed by atoms with Crippen molar-refractivity contribution in [3.8, 4) is 5.88 Å². The van der Waals surface area contributed by atoms with E-state index in [9.17, 15) is 4.79 Å². The molecule has 0 saturated carbocycles. The zero-order valence-corrected chi connectivity index (χ0v) is 13.9. The van der Waals surface area contributed by atoms with E-state index < -0.39 is 0 Å². The van der Waals surface area contributed by atoms with E-state index in [1.807, 2.05) is 19.9 Å². The Morgan fingerprint density at radius 2 is 2.13 bits per heavy atom. The van der Waals surface area contributed by atoms with Gasteiger partial charge in [0.25, 0.3) is 5.91 Å². The minimum atomic E-state index is -0.0374. The largest absolute Gasteiger partial charge is 0.473 e. The number of pyridine rings is 1. The summed E-state index contributed by atoms with van der Waals surface area (Å²) in [5, 5.41) is 0. The molecule has 1 aliphatic rings. The highest BCUT2D eigenvalue weighted by atomic mass is 16.5. The van der Waals surface area contributed by atoms with E-state index in [-0.39, 0.29) is 5.91 Å². The highest BCUT2D eigenvalue weighted by Gasteiger charge is 2.18. The van der Waals surface area contributed by atoms with E-state index in [2.05, 4.69) is 23.7 Å². The topological polar surface area (TPSA) is 42.4 Å². The van der Waals surface area contributed by atoms with Gasteiger partial charge in [-0.1, -0.05) is 24.8 Å². The van der Waals surface area contributed by atoms with Gasteiger partial charge in [0, 0.05) is 19.3 Å². The van der Waals surface area contributed by atoms with Crippen molar-refractivity contribution in [1.29, 1.82) is 0 Å². The zero-order valence-electron chi connectivity index (χ0n) is 13.9. The summed E-state index contributed by atoms with van der Waals surface area (Å²) in [6, 6.07) is 3.54. The second kappa shape index (κ2) is 8.32. The maximum Gasteiger partial charge on any atom is 0.259 e. The number of hydrogen-bond acceptors (Lipinski definition) is 3. The maximum absolute atomic E-state index is 12.5. The van der Waals surface area contributed by atoms with Crippen LogP contribution in [-0.4, -0.2) is 35.5 Å². The molecule has 2 rings (SSSR count). The third-order valence-corrected chi connectivity index (χ3v) is 3.98. The van der Waals surface area contributed by atoms with Crippen LogP contribution in [0.2, 0.25) is 0 Å². The number of allylic oxidation sites excluding steroid dienone is 4. The lowest BCUT2D eigenvalue weighted by Gasteiger charge is -2.20. The second-order valence-corrected chi connectivity index (χ2v) is 5.39. The van der Waals surface area contributed by atoms with Crippen LogP contribution in [0.5, 0.6) is 5.88 Å². The molecule has 23 heavy (non-hydrogen) atoms. The van der Waals surface area contributed by atoms with Crippen LogP contribution in [0.15, 0.2) is 54.3 Å². The summed E-state index contributed by atoms with van der Waals surface area (Å²) in [7, 11) is 0. The first kappa shape index (κ1) is 17.0. The van der Waals surface area contributed by atoms with Gasteiger partial charge in [-0.3, -0.25) is 4.79 Å². The molecule has 0 spiro atoms. The van der Waals surface area contributed by atoms with Crippen molar-refractivity contribution in [2.75, 3.05) is 19.7 Å². The Kier molecular flexibility index (Phi) is 6.15. The van der Waals surface area contributed by atoms with Crippen LogP contribution in [0.3, 0.4) is 0 Å². The maximum atomic E-state index is 12.5. The summed E-state index contributed by atoms with van der Waals surface area (Å²) >= 11 is 0. The first-order valence-electron chi connectivity index (χ1n) is 8.07. The molecule has 0 saturated heterocycles. The van der Waals surface area contributed by atoms with E-state index in [0.717, 1.165) is 12.8 Å². The van der Waals surface area contributed by atoms with Gasteiger partial charge in [-0.05, 0) is 50.0 Å². The molecule has 1 amide bonds. The standard InChI is InChI=1S/C19H24N2O2/c1-4-15-9-11-16(12-10-15)14-23-18-17(8-7-13-20-18)19(22)21(5-2)6-3/h4,7-9,11,13H,1,5-6,10,12,14H2,2-3H3. The highest BCUT2D eigenvalue weighted by Crippen LogP contribution is 2.22. The first-order chi connectivity index (χ1) is 11.2. The third kappa shape index (κ3) is 4.31. The number of ether oxygens (including phenoxy) is 1. The molecule has 4 nitrogen and oxygen atoms in total. The molecule has 0 atom stereocenters. The van der Waals surface area contributed by atoms with Crippen molar-refractivity contribution in [3.63, 3.8) is 0 Å². The fourth-order valence-electron chi connectivity index (χ4n) is 2.50. The normalized spacial score (nSPS) is 13.8. The summed E-state index contributed by atoms with van der Waals surface area (Å²) in [5.41, 5.74) is 2.96. The minimum absolute atomic E-state index is 0.0374. The lowest BCUT2D eigenvalue weighted by molar-refractivity contribution is 0.0768. The Hall–Kier alpha value is -2.36. The molecule has 0 fully saturated rings. The van der Waals surface area contributed by atoms with E-state index >= 15 is 0 Å². The van der Waals surface area contributed by atoms with Crippen LogP contribution in [0.25, 0.3) is 0 Å². The van der Waals surface area contributed by atoms with Gasteiger partial charge in [-0.15, -0.1) is 0 Å². The molecule has 122 valence electrons. The fraction of sp³-hybridized carbons (Fsp3) is 0.368. The molecule has 1 aromatic rings. The van der Waals surface area contributed by atoms with E-state index in [1.165, 1.54) is 11.1 Å². The average Bonchev–Trinajstić information content (AvgIpc) is 2.61. The summed E-state index contributed by atoms with van der Waals surface area (Å²) < 4.78 is 5.82. The van der Waals surface area contributed by atoms with Crippen LogP contribution in [0, 0.1) is 0 Å². The van der Waals surface area contributed by atoms with Gasteiger partial charge in [0.15, 0.2) is 0 Å². The van der Waals surface area contributed by atoms with Crippen LogP contribution < -0.4 is 4.74 Å². The van der Waals surface area contributed by atoms with Crippen molar-refractivity contribution in [1.82, 2.24) is 9.88 Å². The third-order valence-electron chi connectivity index (χ3n) is 3.98. The number of amides is 1. The Morgan fingerprint density at radius 3 is 2.74 bits per heavy atom. The van der Waals surface area contributed by atoms with Crippen molar-refractivity contribution < 1.29 is 9.53 Å². The SMILES string of the molecule is C=CC1=CC=C(COc2ncccc2C(=O)N(CC)CC)CC1. The van der Waals surface area contributed by atoms with E-state index in [4.69, 9.17) is 4.74 Å². The summed E-state index contributed by atoms with van der Waals surface area (Å²) in [6.45, 7) is 9.52. The molecule has 4 heteroatoms.